The average molecular weight is 343 g/mol. The van der Waals surface area contributed by atoms with Crippen LogP contribution in [0.1, 0.15) is 33.1 Å². The van der Waals surface area contributed by atoms with Crippen LogP contribution in [-0.2, 0) is 0 Å². The average Bonchev–Trinajstić information content (AvgIpc) is 2.46. The Kier molecular flexibility index (Phi) is 5.60. The molecule has 1 aromatic rings. The molecule has 20 heavy (non-hydrogen) atoms. The Morgan fingerprint density at radius 3 is 3.00 bits per heavy atom. The lowest BCUT2D eigenvalue weighted by atomic mass is 10.0. The lowest BCUT2D eigenvalue weighted by Crippen LogP contribution is -2.47. The van der Waals surface area contributed by atoms with E-state index in [1.807, 2.05) is 0 Å². The Hall–Kier alpha value is -0.880. The summed E-state index contributed by atoms with van der Waals surface area (Å²) in [5.74, 6) is 1.36. The fourth-order valence-corrected chi connectivity index (χ4v) is 2.82. The maximum atomic E-state index is 5.27. The van der Waals surface area contributed by atoms with Gasteiger partial charge in [-0.1, -0.05) is 13.8 Å². The number of nitrogens with zero attached hydrogens (tertiary/aromatic N) is 3. The van der Waals surface area contributed by atoms with Gasteiger partial charge in [0.05, 0.1) is 17.8 Å². The van der Waals surface area contributed by atoms with E-state index >= 15 is 0 Å². The Labute approximate surface area is 129 Å². The molecular formula is C14H23BrN4O. The third-order valence-electron chi connectivity index (χ3n) is 3.54. The molecule has 0 saturated carbocycles. The Morgan fingerprint density at radius 2 is 2.30 bits per heavy atom. The number of aromatic nitrogens is 2. The summed E-state index contributed by atoms with van der Waals surface area (Å²) < 4.78 is 6.06. The highest BCUT2D eigenvalue weighted by atomic mass is 79.9. The number of anilines is 1. The lowest BCUT2D eigenvalue weighted by molar-refractivity contribution is 0.387. The quantitative estimate of drug-likeness (QED) is 0.891. The van der Waals surface area contributed by atoms with Gasteiger partial charge in [-0.3, -0.25) is 0 Å². The van der Waals surface area contributed by atoms with Crippen molar-refractivity contribution in [2.45, 2.75) is 45.2 Å². The Bertz CT molecular complexity index is 441. The van der Waals surface area contributed by atoms with Gasteiger partial charge in [0.2, 0.25) is 11.8 Å². The van der Waals surface area contributed by atoms with Crippen molar-refractivity contribution in [3.8, 4) is 5.88 Å². The molecular weight excluding hydrogens is 320 g/mol. The van der Waals surface area contributed by atoms with Gasteiger partial charge in [0.1, 0.15) is 0 Å². The molecule has 1 saturated heterocycles. The zero-order chi connectivity index (χ0) is 14.5. The molecule has 0 amide bonds. The molecule has 0 radical (unpaired) electrons. The van der Waals surface area contributed by atoms with Crippen LogP contribution in [-0.4, -0.2) is 42.3 Å². The minimum absolute atomic E-state index is 0.456. The van der Waals surface area contributed by atoms with E-state index in [0.29, 0.717) is 18.0 Å². The van der Waals surface area contributed by atoms with Gasteiger partial charge >= 0.3 is 0 Å². The van der Waals surface area contributed by atoms with Gasteiger partial charge in [-0.25, -0.2) is 4.98 Å². The number of nitrogens with one attached hydrogen (secondary N) is 1. The largest absolute Gasteiger partial charge is 0.480 e. The van der Waals surface area contributed by atoms with Crippen LogP contribution < -0.4 is 15.0 Å². The van der Waals surface area contributed by atoms with Crippen molar-refractivity contribution in [1.29, 1.82) is 0 Å². The van der Waals surface area contributed by atoms with E-state index in [1.165, 1.54) is 19.3 Å². The highest BCUT2D eigenvalue weighted by Gasteiger charge is 2.25. The van der Waals surface area contributed by atoms with Gasteiger partial charge in [0, 0.05) is 25.2 Å². The fourth-order valence-electron chi connectivity index (χ4n) is 2.47. The van der Waals surface area contributed by atoms with Crippen LogP contribution in [0.5, 0.6) is 5.88 Å². The molecule has 6 heteroatoms. The normalized spacial score (nSPS) is 19.4. The summed E-state index contributed by atoms with van der Waals surface area (Å²) in [6.45, 7) is 6.33. The number of halogens is 1. The van der Waals surface area contributed by atoms with Gasteiger partial charge in [0.25, 0.3) is 0 Å². The van der Waals surface area contributed by atoms with Crippen molar-refractivity contribution in [3.05, 3.63) is 10.7 Å². The first-order valence-corrected chi connectivity index (χ1v) is 7.97. The van der Waals surface area contributed by atoms with Crippen LogP contribution in [0.15, 0.2) is 10.7 Å². The molecule has 1 fully saturated rings. The third-order valence-corrected chi connectivity index (χ3v) is 4.08. The first-order valence-electron chi connectivity index (χ1n) is 7.18. The molecule has 1 aromatic heterocycles. The van der Waals surface area contributed by atoms with E-state index in [1.54, 1.807) is 13.3 Å². The summed E-state index contributed by atoms with van der Waals surface area (Å²) >= 11 is 3.40. The van der Waals surface area contributed by atoms with E-state index in [9.17, 15) is 0 Å². The van der Waals surface area contributed by atoms with Crippen molar-refractivity contribution < 1.29 is 4.74 Å². The topological polar surface area (TPSA) is 50.3 Å². The van der Waals surface area contributed by atoms with Crippen molar-refractivity contribution in [2.24, 2.45) is 0 Å². The summed E-state index contributed by atoms with van der Waals surface area (Å²) in [7, 11) is 1.63. The van der Waals surface area contributed by atoms with Gasteiger partial charge < -0.3 is 15.0 Å². The van der Waals surface area contributed by atoms with Crippen LogP contribution in [0.3, 0.4) is 0 Å². The SMILES string of the molecule is COc1nc(N2CCCCC2CNC(C)C)ncc1Br. The molecule has 0 spiro atoms. The van der Waals surface area contributed by atoms with Crippen molar-refractivity contribution >= 4 is 21.9 Å². The fraction of sp³-hybridized carbons (Fsp3) is 0.714. The molecule has 2 rings (SSSR count). The second-order valence-electron chi connectivity index (χ2n) is 5.43. The summed E-state index contributed by atoms with van der Waals surface area (Å²) in [5.41, 5.74) is 0. The first-order chi connectivity index (χ1) is 9.61. The summed E-state index contributed by atoms with van der Waals surface area (Å²) in [6.07, 6.45) is 5.42. The van der Waals surface area contributed by atoms with E-state index < -0.39 is 0 Å². The van der Waals surface area contributed by atoms with Crippen LogP contribution in [0.2, 0.25) is 0 Å². The summed E-state index contributed by atoms with van der Waals surface area (Å²) in [6, 6.07) is 0.955. The highest BCUT2D eigenvalue weighted by Crippen LogP contribution is 2.27. The Balaban J connectivity index is 2.14. The molecule has 1 unspecified atom stereocenters. The molecule has 0 bridgehead atoms. The van der Waals surface area contributed by atoms with Crippen LogP contribution in [0.4, 0.5) is 5.95 Å². The van der Waals surface area contributed by atoms with Gasteiger partial charge in [-0.15, -0.1) is 0 Å². The number of piperidine rings is 1. The third kappa shape index (κ3) is 3.82. The predicted octanol–water partition coefficient (Wildman–Crippen LogP) is 2.60. The molecule has 0 aliphatic carbocycles. The number of hydrogen-bond donors (Lipinski definition) is 1. The minimum Gasteiger partial charge on any atom is -0.480 e. The van der Waals surface area contributed by atoms with E-state index in [4.69, 9.17) is 4.74 Å². The number of methoxy groups -OCH3 is 1. The van der Waals surface area contributed by atoms with Gasteiger partial charge in [0.15, 0.2) is 0 Å². The van der Waals surface area contributed by atoms with Crippen molar-refractivity contribution in [1.82, 2.24) is 15.3 Å². The van der Waals surface area contributed by atoms with Crippen molar-refractivity contribution in [2.75, 3.05) is 25.1 Å². The Morgan fingerprint density at radius 1 is 1.50 bits per heavy atom. The van der Waals surface area contributed by atoms with Crippen LogP contribution in [0.25, 0.3) is 0 Å². The standard InChI is InChI=1S/C14H23BrN4O/c1-10(2)16-8-11-6-4-5-7-19(11)14-17-9-12(15)13(18-14)20-3/h9-11,16H,4-8H2,1-3H3. The smallest absolute Gasteiger partial charge is 0.232 e. The second kappa shape index (κ2) is 7.22. The monoisotopic (exact) mass is 342 g/mol. The molecule has 1 aliphatic heterocycles. The van der Waals surface area contributed by atoms with Crippen LogP contribution >= 0.6 is 15.9 Å². The van der Waals surface area contributed by atoms with Crippen LogP contribution in [0, 0.1) is 0 Å². The van der Waals surface area contributed by atoms with E-state index in [0.717, 1.165) is 23.5 Å². The molecule has 1 N–H and O–H groups in total. The van der Waals surface area contributed by atoms with Crippen molar-refractivity contribution in [3.63, 3.8) is 0 Å². The summed E-state index contributed by atoms with van der Waals surface area (Å²) in [5, 5.41) is 3.52. The number of rotatable bonds is 5. The molecule has 1 atom stereocenters. The zero-order valence-corrected chi connectivity index (χ0v) is 14.0. The molecule has 112 valence electrons. The zero-order valence-electron chi connectivity index (χ0n) is 12.4. The molecule has 1 aliphatic rings. The lowest BCUT2D eigenvalue weighted by Gasteiger charge is -2.36. The number of ether oxygens (including phenoxy) is 1. The molecule has 2 heterocycles. The molecule has 5 nitrogen and oxygen atoms in total. The minimum atomic E-state index is 0.456. The second-order valence-corrected chi connectivity index (χ2v) is 6.29. The maximum Gasteiger partial charge on any atom is 0.232 e. The number of hydrogen-bond acceptors (Lipinski definition) is 5. The molecule has 0 aromatic carbocycles. The maximum absolute atomic E-state index is 5.27. The van der Waals surface area contributed by atoms with Gasteiger partial charge in [-0.2, -0.15) is 4.98 Å². The highest BCUT2D eigenvalue weighted by molar-refractivity contribution is 9.10. The predicted molar refractivity (Wildman–Crippen MR) is 84.4 cm³/mol. The first kappa shape index (κ1) is 15.5. The van der Waals surface area contributed by atoms with E-state index in [-0.39, 0.29) is 0 Å². The van der Waals surface area contributed by atoms with Gasteiger partial charge in [-0.05, 0) is 35.2 Å². The summed E-state index contributed by atoms with van der Waals surface area (Å²) in [4.78, 5) is 11.3. The van der Waals surface area contributed by atoms with E-state index in [2.05, 4.69) is 50.0 Å².